The van der Waals surface area contributed by atoms with Crippen molar-refractivity contribution in [3.8, 4) is 16.9 Å². The van der Waals surface area contributed by atoms with E-state index in [2.05, 4.69) is 27.5 Å². The SMILES string of the molecule is CCCCn1nnnc1COC(=O)c1cc(-c2ccccc2)nn1-c1ccccc1. The Kier molecular flexibility index (Phi) is 5.93. The summed E-state index contributed by atoms with van der Waals surface area (Å²) in [7, 11) is 0. The molecular weight excluding hydrogens is 380 g/mol. The number of nitrogens with zero attached hydrogens (tertiary/aromatic N) is 6. The number of esters is 1. The van der Waals surface area contributed by atoms with Crippen LogP contribution in [-0.2, 0) is 17.9 Å². The Bertz CT molecular complexity index is 1110. The maximum atomic E-state index is 12.9. The summed E-state index contributed by atoms with van der Waals surface area (Å²) in [5, 5.41) is 16.3. The molecule has 2 aromatic heterocycles. The second-order valence-electron chi connectivity index (χ2n) is 6.78. The summed E-state index contributed by atoms with van der Waals surface area (Å²) < 4.78 is 8.81. The van der Waals surface area contributed by atoms with Gasteiger partial charge in [-0.15, -0.1) is 5.10 Å². The van der Waals surface area contributed by atoms with Crippen molar-refractivity contribution in [2.24, 2.45) is 0 Å². The van der Waals surface area contributed by atoms with Gasteiger partial charge in [-0.3, -0.25) is 0 Å². The molecule has 4 rings (SSSR count). The maximum Gasteiger partial charge on any atom is 0.357 e. The second kappa shape index (κ2) is 9.13. The minimum Gasteiger partial charge on any atom is -0.453 e. The molecule has 0 fully saturated rings. The lowest BCUT2D eigenvalue weighted by molar-refractivity contribution is 0.0445. The third-order valence-corrected chi connectivity index (χ3v) is 4.65. The molecule has 8 nitrogen and oxygen atoms in total. The minimum atomic E-state index is -0.487. The molecule has 4 aromatic rings. The Morgan fingerprint density at radius 2 is 1.77 bits per heavy atom. The number of aromatic nitrogens is 6. The molecule has 0 saturated heterocycles. The standard InChI is InChI=1S/C22H22N6O2/c1-2-3-14-27-21(23-25-26-27)16-30-22(29)20-15-19(17-10-6-4-7-11-17)24-28(20)18-12-8-5-9-13-18/h4-13,15H,2-3,14,16H2,1H3. The van der Waals surface area contributed by atoms with Gasteiger partial charge in [0.15, 0.2) is 18.1 Å². The van der Waals surface area contributed by atoms with Crippen molar-refractivity contribution in [2.75, 3.05) is 0 Å². The van der Waals surface area contributed by atoms with Crippen molar-refractivity contribution < 1.29 is 9.53 Å². The Morgan fingerprint density at radius 3 is 2.50 bits per heavy atom. The number of para-hydroxylation sites is 1. The minimum absolute atomic E-state index is 0.00378. The highest BCUT2D eigenvalue weighted by Gasteiger charge is 2.20. The van der Waals surface area contributed by atoms with Crippen LogP contribution in [0.5, 0.6) is 0 Å². The number of carbonyl (C=O) groups excluding carboxylic acids is 1. The summed E-state index contributed by atoms with van der Waals surface area (Å²) in [4.78, 5) is 12.9. The lowest BCUT2D eigenvalue weighted by atomic mass is 10.1. The molecule has 8 heteroatoms. The number of tetrazole rings is 1. The highest BCUT2D eigenvalue weighted by Crippen LogP contribution is 2.22. The number of rotatable bonds is 8. The number of unbranched alkanes of at least 4 members (excludes halogenated alkanes) is 1. The highest BCUT2D eigenvalue weighted by atomic mass is 16.5. The van der Waals surface area contributed by atoms with Crippen molar-refractivity contribution in [3.05, 3.63) is 78.2 Å². The lowest BCUT2D eigenvalue weighted by Crippen LogP contribution is -2.14. The number of carbonyl (C=O) groups is 1. The van der Waals surface area contributed by atoms with Crippen molar-refractivity contribution in [3.63, 3.8) is 0 Å². The van der Waals surface area contributed by atoms with Crippen LogP contribution in [0.15, 0.2) is 66.7 Å². The van der Waals surface area contributed by atoms with Crippen LogP contribution in [0, 0.1) is 0 Å². The van der Waals surface area contributed by atoms with E-state index < -0.39 is 5.97 Å². The summed E-state index contributed by atoms with van der Waals surface area (Å²) in [6.45, 7) is 2.78. The first kappa shape index (κ1) is 19.5. The van der Waals surface area contributed by atoms with E-state index in [1.54, 1.807) is 15.4 Å². The zero-order valence-electron chi connectivity index (χ0n) is 16.7. The van der Waals surface area contributed by atoms with Gasteiger partial charge in [0.05, 0.1) is 11.4 Å². The van der Waals surface area contributed by atoms with E-state index in [9.17, 15) is 4.79 Å². The highest BCUT2D eigenvalue weighted by molar-refractivity contribution is 5.89. The van der Waals surface area contributed by atoms with Crippen LogP contribution in [0.25, 0.3) is 16.9 Å². The van der Waals surface area contributed by atoms with Gasteiger partial charge in [-0.05, 0) is 35.0 Å². The molecule has 0 N–H and O–H groups in total. The molecule has 0 saturated carbocycles. The van der Waals surface area contributed by atoms with Crippen LogP contribution in [0.3, 0.4) is 0 Å². The van der Waals surface area contributed by atoms with Gasteiger partial charge >= 0.3 is 5.97 Å². The summed E-state index contributed by atoms with van der Waals surface area (Å²) in [6.07, 6.45) is 1.98. The number of hydrogen-bond donors (Lipinski definition) is 0. The average Bonchev–Trinajstić information content (AvgIpc) is 3.44. The van der Waals surface area contributed by atoms with Crippen molar-refractivity contribution in [1.29, 1.82) is 0 Å². The molecule has 0 amide bonds. The number of aryl methyl sites for hydroxylation is 1. The molecule has 0 atom stereocenters. The van der Waals surface area contributed by atoms with E-state index >= 15 is 0 Å². The van der Waals surface area contributed by atoms with E-state index in [1.165, 1.54) is 0 Å². The second-order valence-corrected chi connectivity index (χ2v) is 6.78. The first-order chi connectivity index (χ1) is 14.8. The molecule has 0 aliphatic rings. The maximum absolute atomic E-state index is 12.9. The first-order valence-corrected chi connectivity index (χ1v) is 9.89. The van der Waals surface area contributed by atoms with Crippen molar-refractivity contribution in [1.82, 2.24) is 30.0 Å². The van der Waals surface area contributed by atoms with Gasteiger partial charge in [0.25, 0.3) is 0 Å². The van der Waals surface area contributed by atoms with Crippen LogP contribution in [0.2, 0.25) is 0 Å². The first-order valence-electron chi connectivity index (χ1n) is 9.89. The number of benzene rings is 2. The summed E-state index contributed by atoms with van der Waals surface area (Å²) in [6, 6.07) is 21.0. The Morgan fingerprint density at radius 1 is 1.03 bits per heavy atom. The molecule has 0 bridgehead atoms. The predicted octanol–water partition coefficient (Wildman–Crippen LogP) is 3.68. The van der Waals surface area contributed by atoms with Gasteiger partial charge in [-0.1, -0.05) is 61.9 Å². The number of hydrogen-bond acceptors (Lipinski definition) is 6. The van der Waals surface area contributed by atoms with E-state index in [0.29, 0.717) is 23.8 Å². The van der Waals surface area contributed by atoms with Crippen LogP contribution < -0.4 is 0 Å². The average molecular weight is 402 g/mol. The molecule has 0 unspecified atom stereocenters. The lowest BCUT2D eigenvalue weighted by Gasteiger charge is -2.08. The molecule has 30 heavy (non-hydrogen) atoms. The quantitative estimate of drug-likeness (QED) is 0.418. The molecule has 0 aliphatic heterocycles. The third kappa shape index (κ3) is 4.27. The smallest absolute Gasteiger partial charge is 0.357 e. The Labute approximate surface area is 174 Å². The van der Waals surface area contributed by atoms with Crippen LogP contribution in [-0.4, -0.2) is 36.0 Å². The number of ether oxygens (including phenoxy) is 1. The predicted molar refractivity (Wildman–Crippen MR) is 111 cm³/mol. The van der Waals surface area contributed by atoms with Crippen molar-refractivity contribution in [2.45, 2.75) is 32.9 Å². The van der Waals surface area contributed by atoms with E-state index in [-0.39, 0.29) is 6.61 Å². The van der Waals surface area contributed by atoms with Crippen LogP contribution >= 0.6 is 0 Å². The summed E-state index contributed by atoms with van der Waals surface area (Å²) in [5.74, 6) is 0.0319. The molecule has 152 valence electrons. The van der Waals surface area contributed by atoms with E-state index in [4.69, 9.17) is 4.74 Å². The van der Waals surface area contributed by atoms with Gasteiger partial charge in [0.2, 0.25) is 0 Å². The fourth-order valence-corrected chi connectivity index (χ4v) is 3.05. The van der Waals surface area contributed by atoms with E-state index in [0.717, 1.165) is 24.1 Å². The van der Waals surface area contributed by atoms with Gasteiger partial charge in [0.1, 0.15) is 0 Å². The van der Waals surface area contributed by atoms with Gasteiger partial charge in [-0.25, -0.2) is 14.2 Å². The van der Waals surface area contributed by atoms with Gasteiger partial charge in [-0.2, -0.15) is 5.10 Å². The molecule has 2 aromatic carbocycles. The monoisotopic (exact) mass is 402 g/mol. The third-order valence-electron chi connectivity index (χ3n) is 4.65. The molecule has 0 radical (unpaired) electrons. The Balaban J connectivity index is 1.60. The zero-order chi connectivity index (χ0) is 20.8. The van der Waals surface area contributed by atoms with Gasteiger partial charge in [0, 0.05) is 12.1 Å². The molecule has 0 spiro atoms. The summed E-state index contributed by atoms with van der Waals surface area (Å²) in [5.41, 5.74) is 2.73. The summed E-state index contributed by atoms with van der Waals surface area (Å²) >= 11 is 0. The van der Waals surface area contributed by atoms with Gasteiger partial charge < -0.3 is 4.74 Å². The van der Waals surface area contributed by atoms with Crippen LogP contribution in [0.1, 0.15) is 36.1 Å². The molecular formula is C22H22N6O2. The van der Waals surface area contributed by atoms with Crippen molar-refractivity contribution >= 4 is 5.97 Å². The Hall–Kier alpha value is -3.81. The van der Waals surface area contributed by atoms with Crippen LogP contribution in [0.4, 0.5) is 0 Å². The zero-order valence-corrected chi connectivity index (χ0v) is 16.7. The largest absolute Gasteiger partial charge is 0.453 e. The normalized spacial score (nSPS) is 10.8. The fraction of sp³-hybridized carbons (Fsp3) is 0.227. The topological polar surface area (TPSA) is 87.7 Å². The van der Waals surface area contributed by atoms with E-state index in [1.807, 2.05) is 60.7 Å². The molecule has 0 aliphatic carbocycles. The fourth-order valence-electron chi connectivity index (χ4n) is 3.05. The molecule has 2 heterocycles.